The lowest BCUT2D eigenvalue weighted by Crippen LogP contribution is -2.04. The summed E-state index contributed by atoms with van der Waals surface area (Å²) < 4.78 is 37.2. The van der Waals surface area contributed by atoms with Crippen molar-refractivity contribution >= 4 is 17.3 Å². The fraction of sp³-hybridized carbons (Fsp3) is 0.0833. The van der Waals surface area contributed by atoms with E-state index in [2.05, 4.69) is 4.98 Å². The number of rotatable bonds is 1. The molecular formula is C12H8ClF3N2. The van der Waals surface area contributed by atoms with Gasteiger partial charge >= 0.3 is 6.18 Å². The number of nitrogen functional groups attached to an aromatic ring is 1. The number of hydrogen-bond donors (Lipinski definition) is 1. The van der Waals surface area contributed by atoms with Crippen molar-refractivity contribution in [1.82, 2.24) is 4.98 Å². The number of nitrogens with two attached hydrogens (primary N) is 1. The molecule has 18 heavy (non-hydrogen) atoms. The Kier molecular flexibility index (Phi) is 3.17. The minimum Gasteiger partial charge on any atom is -0.397 e. The van der Waals surface area contributed by atoms with Crippen LogP contribution in [0.1, 0.15) is 5.56 Å². The van der Waals surface area contributed by atoms with Gasteiger partial charge in [0.05, 0.1) is 22.0 Å². The summed E-state index contributed by atoms with van der Waals surface area (Å²) in [4.78, 5) is 4.00. The van der Waals surface area contributed by atoms with E-state index in [4.69, 9.17) is 17.3 Å². The van der Waals surface area contributed by atoms with Crippen LogP contribution in [0, 0.1) is 0 Å². The molecule has 0 aliphatic rings. The molecule has 2 rings (SSSR count). The van der Waals surface area contributed by atoms with E-state index < -0.39 is 11.7 Å². The van der Waals surface area contributed by atoms with Crippen molar-refractivity contribution < 1.29 is 13.2 Å². The van der Waals surface area contributed by atoms with Crippen molar-refractivity contribution in [2.45, 2.75) is 6.18 Å². The molecule has 2 nitrogen and oxygen atoms in total. The van der Waals surface area contributed by atoms with Crippen LogP contribution in [-0.2, 0) is 6.18 Å². The predicted molar refractivity (Wildman–Crippen MR) is 64.1 cm³/mol. The third-order valence-electron chi connectivity index (χ3n) is 2.37. The minimum absolute atomic E-state index is 0.322. The van der Waals surface area contributed by atoms with Gasteiger partial charge in [0.25, 0.3) is 0 Å². The summed E-state index contributed by atoms with van der Waals surface area (Å²) in [6.45, 7) is 0. The van der Waals surface area contributed by atoms with Crippen LogP contribution in [-0.4, -0.2) is 4.98 Å². The standard InChI is InChI=1S/C12H8ClF3N2/c13-9-5-10(17)11(18-6-9)7-1-3-8(4-2-7)12(14,15)16/h1-6H,17H2. The molecule has 2 aromatic rings. The van der Waals surface area contributed by atoms with E-state index >= 15 is 0 Å². The molecule has 1 aromatic heterocycles. The third kappa shape index (κ3) is 2.56. The number of benzene rings is 1. The van der Waals surface area contributed by atoms with Crippen molar-refractivity contribution in [3.63, 3.8) is 0 Å². The van der Waals surface area contributed by atoms with E-state index in [1.54, 1.807) is 0 Å². The molecule has 1 aromatic carbocycles. The highest BCUT2D eigenvalue weighted by atomic mass is 35.5. The van der Waals surface area contributed by atoms with Crippen LogP contribution in [0.5, 0.6) is 0 Å². The summed E-state index contributed by atoms with van der Waals surface area (Å²) in [7, 11) is 0. The van der Waals surface area contributed by atoms with Crippen LogP contribution in [0.25, 0.3) is 11.3 Å². The number of halogens is 4. The van der Waals surface area contributed by atoms with Crippen molar-refractivity contribution in [3.05, 3.63) is 47.1 Å². The zero-order chi connectivity index (χ0) is 13.3. The van der Waals surface area contributed by atoms with Crippen LogP contribution in [0.4, 0.5) is 18.9 Å². The van der Waals surface area contributed by atoms with Gasteiger partial charge in [-0.1, -0.05) is 23.7 Å². The Bertz CT molecular complexity index is 565. The lowest BCUT2D eigenvalue weighted by atomic mass is 10.1. The predicted octanol–water partition coefficient (Wildman–Crippen LogP) is 4.00. The van der Waals surface area contributed by atoms with Gasteiger partial charge in [0, 0.05) is 11.8 Å². The molecule has 0 radical (unpaired) electrons. The Morgan fingerprint density at radius 1 is 1.11 bits per heavy atom. The van der Waals surface area contributed by atoms with Crippen LogP contribution in [0.15, 0.2) is 36.5 Å². The van der Waals surface area contributed by atoms with E-state index in [0.717, 1.165) is 12.1 Å². The quantitative estimate of drug-likeness (QED) is 0.852. The van der Waals surface area contributed by atoms with Gasteiger partial charge in [0.2, 0.25) is 0 Å². The number of anilines is 1. The molecule has 0 aliphatic carbocycles. The summed E-state index contributed by atoms with van der Waals surface area (Å²) in [5.74, 6) is 0. The maximum atomic E-state index is 12.4. The molecule has 2 N–H and O–H groups in total. The van der Waals surface area contributed by atoms with Crippen molar-refractivity contribution in [2.75, 3.05) is 5.73 Å². The fourth-order valence-electron chi connectivity index (χ4n) is 1.51. The van der Waals surface area contributed by atoms with E-state index in [1.807, 2.05) is 0 Å². The average molecular weight is 273 g/mol. The highest BCUT2D eigenvalue weighted by molar-refractivity contribution is 6.30. The van der Waals surface area contributed by atoms with Gasteiger partial charge in [-0.25, -0.2) is 0 Å². The Morgan fingerprint density at radius 2 is 1.72 bits per heavy atom. The van der Waals surface area contributed by atoms with Gasteiger partial charge in [0.1, 0.15) is 0 Å². The summed E-state index contributed by atoms with van der Waals surface area (Å²) in [5.41, 5.74) is 6.24. The third-order valence-corrected chi connectivity index (χ3v) is 2.58. The number of aromatic nitrogens is 1. The lowest BCUT2D eigenvalue weighted by Gasteiger charge is -2.08. The number of hydrogen-bond acceptors (Lipinski definition) is 2. The van der Waals surface area contributed by atoms with Crippen LogP contribution >= 0.6 is 11.6 Å². The van der Waals surface area contributed by atoms with Crippen LogP contribution < -0.4 is 5.73 Å². The number of alkyl halides is 3. The molecule has 0 spiro atoms. The van der Waals surface area contributed by atoms with Crippen LogP contribution in [0.2, 0.25) is 5.02 Å². The molecule has 0 amide bonds. The largest absolute Gasteiger partial charge is 0.416 e. The zero-order valence-electron chi connectivity index (χ0n) is 9.00. The summed E-state index contributed by atoms with van der Waals surface area (Å²) in [5, 5.41) is 0.378. The van der Waals surface area contributed by atoms with Gasteiger partial charge in [-0.15, -0.1) is 0 Å². The molecule has 0 unspecified atom stereocenters. The van der Waals surface area contributed by atoms with Gasteiger partial charge in [-0.3, -0.25) is 4.98 Å². The number of pyridine rings is 1. The van der Waals surface area contributed by atoms with Gasteiger partial charge in [-0.05, 0) is 18.2 Å². The molecular weight excluding hydrogens is 265 g/mol. The monoisotopic (exact) mass is 272 g/mol. The molecule has 0 aliphatic heterocycles. The molecule has 6 heteroatoms. The first-order valence-electron chi connectivity index (χ1n) is 4.96. The first-order chi connectivity index (χ1) is 8.38. The van der Waals surface area contributed by atoms with Gasteiger partial charge in [-0.2, -0.15) is 13.2 Å². The molecule has 0 atom stereocenters. The van der Waals surface area contributed by atoms with Gasteiger partial charge < -0.3 is 5.73 Å². The second kappa shape index (κ2) is 4.49. The second-order valence-electron chi connectivity index (χ2n) is 3.67. The lowest BCUT2D eigenvalue weighted by molar-refractivity contribution is -0.137. The topological polar surface area (TPSA) is 38.9 Å². The Labute approximate surface area is 106 Å². The summed E-state index contributed by atoms with van der Waals surface area (Å²) in [6.07, 6.45) is -2.96. The Morgan fingerprint density at radius 3 is 2.22 bits per heavy atom. The van der Waals surface area contributed by atoms with Crippen molar-refractivity contribution in [1.29, 1.82) is 0 Å². The van der Waals surface area contributed by atoms with Crippen molar-refractivity contribution in [2.24, 2.45) is 0 Å². The average Bonchev–Trinajstić information content (AvgIpc) is 2.28. The second-order valence-corrected chi connectivity index (χ2v) is 4.10. The highest BCUT2D eigenvalue weighted by Gasteiger charge is 2.30. The highest BCUT2D eigenvalue weighted by Crippen LogP contribution is 2.32. The zero-order valence-corrected chi connectivity index (χ0v) is 9.76. The van der Waals surface area contributed by atoms with E-state index in [1.165, 1.54) is 24.4 Å². The maximum Gasteiger partial charge on any atom is 0.416 e. The molecule has 94 valence electrons. The van der Waals surface area contributed by atoms with E-state index in [0.29, 0.717) is 22.0 Å². The first-order valence-corrected chi connectivity index (χ1v) is 5.34. The van der Waals surface area contributed by atoms with Crippen LogP contribution in [0.3, 0.4) is 0 Å². The smallest absolute Gasteiger partial charge is 0.397 e. The SMILES string of the molecule is Nc1cc(Cl)cnc1-c1ccc(C(F)(F)F)cc1. The maximum absolute atomic E-state index is 12.4. The van der Waals surface area contributed by atoms with E-state index in [9.17, 15) is 13.2 Å². The van der Waals surface area contributed by atoms with Gasteiger partial charge in [0.15, 0.2) is 0 Å². The van der Waals surface area contributed by atoms with E-state index in [-0.39, 0.29) is 0 Å². The normalized spacial score (nSPS) is 11.6. The first kappa shape index (κ1) is 12.7. The molecule has 0 saturated carbocycles. The molecule has 0 bridgehead atoms. The molecule has 0 saturated heterocycles. The summed E-state index contributed by atoms with van der Waals surface area (Å²) >= 11 is 5.70. The summed E-state index contributed by atoms with van der Waals surface area (Å²) in [6, 6.07) is 6.14. The molecule has 0 fully saturated rings. The Balaban J connectivity index is 2.41. The minimum atomic E-state index is -4.35. The number of nitrogens with zero attached hydrogens (tertiary/aromatic N) is 1. The van der Waals surface area contributed by atoms with Crippen molar-refractivity contribution in [3.8, 4) is 11.3 Å². The fourth-order valence-corrected chi connectivity index (χ4v) is 1.68. The Hall–Kier alpha value is -1.75. The molecule has 1 heterocycles.